The zero-order chi connectivity index (χ0) is 14.1. The highest BCUT2D eigenvalue weighted by atomic mass is 15.3. The third-order valence-electron chi connectivity index (χ3n) is 5.87. The molecule has 1 aliphatic carbocycles. The molecule has 2 heteroatoms. The molecule has 19 heavy (non-hydrogen) atoms. The van der Waals surface area contributed by atoms with Crippen molar-refractivity contribution in [2.24, 2.45) is 5.41 Å². The van der Waals surface area contributed by atoms with Gasteiger partial charge >= 0.3 is 0 Å². The van der Waals surface area contributed by atoms with Crippen LogP contribution in [0.3, 0.4) is 0 Å². The van der Waals surface area contributed by atoms with Gasteiger partial charge in [0.2, 0.25) is 0 Å². The predicted octanol–water partition coefficient (Wildman–Crippen LogP) is 3.81. The molecule has 0 radical (unpaired) electrons. The molecule has 1 saturated heterocycles. The molecule has 0 aromatic heterocycles. The van der Waals surface area contributed by atoms with Gasteiger partial charge in [0.25, 0.3) is 0 Å². The Morgan fingerprint density at radius 1 is 1.16 bits per heavy atom. The van der Waals surface area contributed by atoms with E-state index in [-0.39, 0.29) is 0 Å². The van der Waals surface area contributed by atoms with E-state index in [1.54, 1.807) is 0 Å². The summed E-state index contributed by atoms with van der Waals surface area (Å²) in [6.07, 6.45) is 8.17. The van der Waals surface area contributed by atoms with Crippen molar-refractivity contribution in [2.45, 2.75) is 90.8 Å². The van der Waals surface area contributed by atoms with Gasteiger partial charge in [0.1, 0.15) is 0 Å². The summed E-state index contributed by atoms with van der Waals surface area (Å²) in [6, 6.07) is 1.53. The lowest BCUT2D eigenvalue weighted by atomic mass is 9.71. The van der Waals surface area contributed by atoms with Crippen molar-refractivity contribution in [3.63, 3.8) is 0 Å². The fourth-order valence-corrected chi connectivity index (χ4v) is 4.14. The fraction of sp³-hybridized carbons (Fsp3) is 1.00. The van der Waals surface area contributed by atoms with Crippen LogP contribution < -0.4 is 5.32 Å². The Kier molecular flexibility index (Phi) is 4.62. The lowest BCUT2D eigenvalue weighted by Crippen LogP contribution is -2.66. The van der Waals surface area contributed by atoms with E-state index < -0.39 is 0 Å². The van der Waals surface area contributed by atoms with E-state index in [9.17, 15) is 0 Å². The van der Waals surface area contributed by atoms with Crippen LogP contribution in [0.4, 0.5) is 0 Å². The van der Waals surface area contributed by atoms with E-state index in [1.165, 1.54) is 51.6 Å². The molecule has 1 N–H and O–H groups in total. The molecule has 1 saturated carbocycles. The molecular formula is C17H34N2. The maximum atomic E-state index is 3.80. The molecule has 0 spiro atoms. The number of rotatable bonds is 3. The van der Waals surface area contributed by atoms with Gasteiger partial charge in [-0.1, -0.05) is 40.5 Å². The van der Waals surface area contributed by atoms with Crippen LogP contribution in [0.1, 0.15) is 73.1 Å². The Morgan fingerprint density at radius 2 is 1.89 bits per heavy atom. The zero-order valence-electron chi connectivity index (χ0n) is 13.8. The SMILES string of the molecule is CCC1CNC(C)(CC)CN1C1CCCCC1(C)C. The van der Waals surface area contributed by atoms with Crippen LogP contribution in [0, 0.1) is 5.41 Å². The summed E-state index contributed by atoms with van der Waals surface area (Å²) in [5.41, 5.74) is 0.816. The first-order valence-corrected chi connectivity index (χ1v) is 8.42. The maximum Gasteiger partial charge on any atom is 0.0278 e. The van der Waals surface area contributed by atoms with Crippen molar-refractivity contribution in [1.29, 1.82) is 0 Å². The number of nitrogens with one attached hydrogen (secondary N) is 1. The summed E-state index contributed by atoms with van der Waals surface area (Å²) in [5, 5.41) is 3.80. The van der Waals surface area contributed by atoms with Gasteiger partial charge in [-0.05, 0) is 38.0 Å². The van der Waals surface area contributed by atoms with Crippen LogP contribution in [-0.4, -0.2) is 35.6 Å². The fourth-order valence-electron chi connectivity index (χ4n) is 4.14. The molecule has 1 aliphatic heterocycles. The quantitative estimate of drug-likeness (QED) is 0.835. The van der Waals surface area contributed by atoms with Gasteiger partial charge in [-0.25, -0.2) is 0 Å². The Hall–Kier alpha value is -0.0800. The smallest absolute Gasteiger partial charge is 0.0278 e. The van der Waals surface area contributed by atoms with E-state index >= 15 is 0 Å². The lowest BCUT2D eigenvalue weighted by Gasteiger charge is -2.54. The first-order chi connectivity index (χ1) is 8.92. The highest BCUT2D eigenvalue weighted by molar-refractivity contribution is 5.00. The average molecular weight is 266 g/mol. The Labute approximate surface area is 120 Å². The molecular weight excluding hydrogens is 232 g/mol. The van der Waals surface area contributed by atoms with Gasteiger partial charge in [0.15, 0.2) is 0 Å². The Morgan fingerprint density at radius 3 is 2.47 bits per heavy atom. The van der Waals surface area contributed by atoms with Crippen LogP contribution in [0.2, 0.25) is 0 Å². The second kappa shape index (κ2) is 5.73. The van der Waals surface area contributed by atoms with Crippen LogP contribution >= 0.6 is 0 Å². The van der Waals surface area contributed by atoms with E-state index in [4.69, 9.17) is 0 Å². The van der Waals surface area contributed by atoms with Gasteiger partial charge in [-0.15, -0.1) is 0 Å². The second-order valence-corrected chi connectivity index (χ2v) is 7.78. The topological polar surface area (TPSA) is 15.3 Å². The molecule has 2 nitrogen and oxygen atoms in total. The minimum absolute atomic E-state index is 0.319. The van der Waals surface area contributed by atoms with Gasteiger partial charge < -0.3 is 5.32 Å². The van der Waals surface area contributed by atoms with Gasteiger partial charge in [-0.2, -0.15) is 0 Å². The second-order valence-electron chi connectivity index (χ2n) is 7.78. The van der Waals surface area contributed by atoms with E-state index in [1.807, 2.05) is 0 Å². The van der Waals surface area contributed by atoms with Gasteiger partial charge in [0.05, 0.1) is 0 Å². The number of hydrogen-bond acceptors (Lipinski definition) is 2. The van der Waals surface area contributed by atoms with Crippen molar-refractivity contribution < 1.29 is 0 Å². The monoisotopic (exact) mass is 266 g/mol. The summed E-state index contributed by atoms with van der Waals surface area (Å²) >= 11 is 0. The van der Waals surface area contributed by atoms with Crippen LogP contribution in [-0.2, 0) is 0 Å². The predicted molar refractivity (Wildman–Crippen MR) is 83.5 cm³/mol. The van der Waals surface area contributed by atoms with Crippen LogP contribution in [0.5, 0.6) is 0 Å². The molecule has 0 aromatic rings. The van der Waals surface area contributed by atoms with Crippen molar-refractivity contribution in [3.05, 3.63) is 0 Å². The Bertz CT molecular complexity index is 300. The molecule has 3 atom stereocenters. The minimum Gasteiger partial charge on any atom is -0.309 e. The number of piperazine rings is 1. The third-order valence-corrected chi connectivity index (χ3v) is 5.87. The van der Waals surface area contributed by atoms with Crippen LogP contribution in [0.25, 0.3) is 0 Å². The van der Waals surface area contributed by atoms with E-state index in [0.717, 1.165) is 12.1 Å². The molecule has 2 fully saturated rings. The van der Waals surface area contributed by atoms with Gasteiger partial charge in [-0.3, -0.25) is 4.90 Å². The maximum absolute atomic E-state index is 3.80. The first kappa shape index (κ1) is 15.3. The van der Waals surface area contributed by atoms with E-state index in [2.05, 4.69) is 44.8 Å². The summed E-state index contributed by atoms with van der Waals surface area (Å²) in [4.78, 5) is 2.87. The molecule has 1 heterocycles. The minimum atomic E-state index is 0.319. The van der Waals surface area contributed by atoms with Crippen LogP contribution in [0.15, 0.2) is 0 Å². The highest BCUT2D eigenvalue weighted by Gasteiger charge is 2.43. The standard InChI is InChI=1S/C17H34N2/c1-6-14-12-18-17(5,7-2)13-19(14)15-10-8-9-11-16(15,3)4/h14-15,18H,6-13H2,1-5H3. The summed E-state index contributed by atoms with van der Waals surface area (Å²) in [5.74, 6) is 0. The van der Waals surface area contributed by atoms with Crippen molar-refractivity contribution in [1.82, 2.24) is 10.2 Å². The number of nitrogens with zero attached hydrogens (tertiary/aromatic N) is 1. The van der Waals surface area contributed by atoms with E-state index in [0.29, 0.717) is 11.0 Å². The van der Waals surface area contributed by atoms with Crippen molar-refractivity contribution >= 4 is 0 Å². The summed E-state index contributed by atoms with van der Waals surface area (Å²) in [7, 11) is 0. The lowest BCUT2D eigenvalue weighted by molar-refractivity contribution is -0.0248. The Balaban J connectivity index is 2.17. The molecule has 2 rings (SSSR count). The molecule has 0 bridgehead atoms. The average Bonchev–Trinajstić information content (AvgIpc) is 2.38. The summed E-state index contributed by atoms with van der Waals surface area (Å²) < 4.78 is 0. The highest BCUT2D eigenvalue weighted by Crippen LogP contribution is 2.41. The molecule has 2 aliphatic rings. The zero-order valence-corrected chi connectivity index (χ0v) is 13.8. The number of hydrogen-bond donors (Lipinski definition) is 1. The summed E-state index contributed by atoms with van der Waals surface area (Å²) in [6.45, 7) is 14.5. The molecule has 0 aromatic carbocycles. The first-order valence-electron chi connectivity index (χ1n) is 8.42. The molecule has 3 unspecified atom stereocenters. The third kappa shape index (κ3) is 3.16. The van der Waals surface area contributed by atoms with Crippen molar-refractivity contribution in [3.8, 4) is 0 Å². The molecule has 0 amide bonds. The largest absolute Gasteiger partial charge is 0.309 e. The molecule has 112 valence electrons. The van der Waals surface area contributed by atoms with Crippen molar-refractivity contribution in [2.75, 3.05) is 13.1 Å². The normalized spacial score (nSPS) is 40.3. The van der Waals surface area contributed by atoms with Gasteiger partial charge in [0, 0.05) is 30.7 Å².